The Morgan fingerprint density at radius 1 is 1.29 bits per heavy atom. The molecule has 2 N–H and O–H groups in total. The number of nitrogens with two attached hydrogens (primary N) is 1. The van der Waals surface area contributed by atoms with Gasteiger partial charge in [0, 0.05) is 19.2 Å². The molecule has 0 aromatic heterocycles. The van der Waals surface area contributed by atoms with E-state index in [0.29, 0.717) is 12.8 Å². The number of nitrogen functional groups attached to an aromatic ring is 1. The molecule has 2 saturated heterocycles. The standard InChI is InChI=1S/C25H35NO5/c1-16(2)5-11-20-24(3,31-20)23-22(28-4)19(13-14-25(23)15-29-25)30-21(27)12-8-17-6-9-18(26)10-7-17/h5-7,9-10,19-20,22-23H,8,11-15,26H2,1-4H3/t19-,20?,22-,23-,24+,25+/m1/s1. The lowest BCUT2D eigenvalue weighted by Gasteiger charge is -2.42. The molecular weight excluding hydrogens is 394 g/mol. The summed E-state index contributed by atoms with van der Waals surface area (Å²) < 4.78 is 24.1. The molecule has 0 bridgehead atoms. The van der Waals surface area contributed by atoms with Crippen molar-refractivity contribution in [3.05, 3.63) is 41.5 Å². The average Bonchev–Trinajstić information content (AvgIpc) is 3.65. The minimum absolute atomic E-state index is 0.0456. The van der Waals surface area contributed by atoms with E-state index in [2.05, 4.69) is 26.8 Å². The van der Waals surface area contributed by atoms with Crippen LogP contribution in [0.2, 0.25) is 0 Å². The number of aryl methyl sites for hydroxylation is 1. The second kappa shape index (κ2) is 8.57. The van der Waals surface area contributed by atoms with E-state index in [9.17, 15) is 4.79 Å². The molecule has 1 saturated carbocycles. The molecule has 3 aliphatic rings. The molecule has 0 amide bonds. The van der Waals surface area contributed by atoms with E-state index in [1.807, 2.05) is 24.3 Å². The van der Waals surface area contributed by atoms with Crippen molar-refractivity contribution < 1.29 is 23.7 Å². The Kier molecular flexibility index (Phi) is 6.16. The molecular formula is C25H35NO5. The van der Waals surface area contributed by atoms with Crippen LogP contribution in [0.3, 0.4) is 0 Å². The molecule has 1 aliphatic carbocycles. The number of hydrogen-bond acceptors (Lipinski definition) is 6. The SMILES string of the molecule is CO[C@@H]1[C@H](OC(=O)CCc2ccc(N)cc2)CC[C@]2(CO2)[C@H]1[C@@]1(C)OC1CC=C(C)C. The number of rotatable bonds is 8. The van der Waals surface area contributed by atoms with Crippen molar-refractivity contribution in [2.24, 2.45) is 5.92 Å². The molecule has 3 fully saturated rings. The van der Waals surface area contributed by atoms with Crippen LogP contribution in [0.1, 0.15) is 52.0 Å². The maximum atomic E-state index is 12.6. The quantitative estimate of drug-likeness (QED) is 0.293. The maximum Gasteiger partial charge on any atom is 0.306 e. The first-order chi connectivity index (χ1) is 14.8. The Morgan fingerprint density at radius 3 is 2.61 bits per heavy atom. The van der Waals surface area contributed by atoms with Crippen LogP contribution in [-0.4, -0.2) is 49.2 Å². The minimum atomic E-state index is -0.321. The molecule has 2 heterocycles. The molecule has 1 aromatic carbocycles. The number of esters is 1. The van der Waals surface area contributed by atoms with Gasteiger partial charge in [-0.1, -0.05) is 23.8 Å². The number of anilines is 1. The largest absolute Gasteiger partial charge is 0.460 e. The second-order valence-corrected chi connectivity index (χ2v) is 9.65. The van der Waals surface area contributed by atoms with Gasteiger partial charge in [-0.15, -0.1) is 0 Å². The van der Waals surface area contributed by atoms with E-state index in [-0.39, 0.29) is 41.4 Å². The fourth-order valence-corrected chi connectivity index (χ4v) is 5.23. The molecule has 31 heavy (non-hydrogen) atoms. The average molecular weight is 430 g/mol. The zero-order chi connectivity index (χ0) is 22.2. The topological polar surface area (TPSA) is 86.6 Å². The van der Waals surface area contributed by atoms with Gasteiger partial charge in [-0.3, -0.25) is 4.79 Å². The molecule has 4 rings (SSSR count). The predicted octanol–water partition coefficient (Wildman–Crippen LogP) is 3.82. The molecule has 170 valence electrons. The number of methoxy groups -OCH3 is 1. The summed E-state index contributed by atoms with van der Waals surface area (Å²) in [5.41, 5.74) is 8.28. The van der Waals surface area contributed by atoms with Gasteiger partial charge in [-0.25, -0.2) is 0 Å². The van der Waals surface area contributed by atoms with Crippen molar-refractivity contribution in [1.82, 2.24) is 0 Å². The van der Waals surface area contributed by atoms with Crippen molar-refractivity contribution in [3.63, 3.8) is 0 Å². The zero-order valence-electron chi connectivity index (χ0n) is 19.1. The minimum Gasteiger partial charge on any atom is -0.460 e. The summed E-state index contributed by atoms with van der Waals surface area (Å²) in [7, 11) is 1.70. The van der Waals surface area contributed by atoms with Gasteiger partial charge in [0.15, 0.2) is 0 Å². The third kappa shape index (κ3) is 4.66. The van der Waals surface area contributed by atoms with Crippen molar-refractivity contribution in [2.75, 3.05) is 19.5 Å². The highest BCUT2D eigenvalue weighted by Crippen LogP contribution is 2.59. The van der Waals surface area contributed by atoms with Gasteiger partial charge in [0.2, 0.25) is 0 Å². The maximum absolute atomic E-state index is 12.6. The molecule has 2 aliphatic heterocycles. The summed E-state index contributed by atoms with van der Waals surface area (Å²) in [5.74, 6) is -0.150. The Bertz CT molecular complexity index is 827. The fourth-order valence-electron chi connectivity index (χ4n) is 5.23. The van der Waals surface area contributed by atoms with Crippen LogP contribution < -0.4 is 5.73 Å². The highest BCUT2D eigenvalue weighted by molar-refractivity contribution is 5.70. The number of carbonyl (C=O) groups is 1. The lowest BCUT2D eigenvalue weighted by Crippen LogP contribution is -2.55. The summed E-state index contributed by atoms with van der Waals surface area (Å²) in [6.07, 6.45) is 5.30. The van der Waals surface area contributed by atoms with Crippen molar-refractivity contribution in [1.29, 1.82) is 0 Å². The fraction of sp³-hybridized carbons (Fsp3) is 0.640. The number of hydrogen-bond donors (Lipinski definition) is 1. The van der Waals surface area contributed by atoms with Gasteiger partial charge in [0.05, 0.1) is 18.6 Å². The van der Waals surface area contributed by atoms with Gasteiger partial charge in [0.1, 0.15) is 23.4 Å². The molecule has 6 heteroatoms. The number of epoxide rings is 2. The Labute approximate surface area is 185 Å². The molecule has 1 unspecified atom stereocenters. The van der Waals surface area contributed by atoms with Crippen molar-refractivity contribution >= 4 is 11.7 Å². The van der Waals surface area contributed by atoms with Crippen LogP contribution in [0, 0.1) is 5.92 Å². The first-order valence-electron chi connectivity index (χ1n) is 11.3. The van der Waals surface area contributed by atoms with E-state index in [0.717, 1.165) is 37.1 Å². The van der Waals surface area contributed by atoms with Crippen LogP contribution in [0.5, 0.6) is 0 Å². The molecule has 6 nitrogen and oxygen atoms in total. The third-order valence-corrected chi connectivity index (χ3v) is 7.12. The Morgan fingerprint density at radius 2 is 2.00 bits per heavy atom. The monoisotopic (exact) mass is 429 g/mol. The molecule has 1 aromatic rings. The molecule has 0 radical (unpaired) electrons. The van der Waals surface area contributed by atoms with E-state index < -0.39 is 0 Å². The Hall–Kier alpha value is -1.89. The zero-order valence-corrected chi connectivity index (χ0v) is 19.1. The lowest BCUT2D eigenvalue weighted by molar-refractivity contribution is -0.171. The third-order valence-electron chi connectivity index (χ3n) is 7.12. The highest BCUT2D eigenvalue weighted by Gasteiger charge is 2.72. The van der Waals surface area contributed by atoms with Gasteiger partial charge in [-0.2, -0.15) is 0 Å². The summed E-state index contributed by atoms with van der Waals surface area (Å²) in [5, 5.41) is 0. The summed E-state index contributed by atoms with van der Waals surface area (Å²) in [4.78, 5) is 12.6. The van der Waals surface area contributed by atoms with Crippen molar-refractivity contribution in [2.45, 2.75) is 82.4 Å². The van der Waals surface area contributed by atoms with E-state index in [4.69, 9.17) is 24.7 Å². The summed E-state index contributed by atoms with van der Waals surface area (Å²) >= 11 is 0. The van der Waals surface area contributed by atoms with E-state index in [1.165, 1.54) is 5.57 Å². The van der Waals surface area contributed by atoms with E-state index >= 15 is 0 Å². The number of carbonyl (C=O) groups excluding carboxylic acids is 1. The highest BCUT2D eigenvalue weighted by atomic mass is 16.6. The van der Waals surface area contributed by atoms with Gasteiger partial charge < -0.3 is 24.7 Å². The van der Waals surface area contributed by atoms with Crippen LogP contribution in [-0.2, 0) is 30.2 Å². The first-order valence-corrected chi connectivity index (χ1v) is 11.3. The lowest BCUT2D eigenvalue weighted by atomic mass is 9.68. The molecule has 6 atom stereocenters. The van der Waals surface area contributed by atoms with Crippen molar-refractivity contribution in [3.8, 4) is 0 Å². The molecule has 1 spiro atoms. The van der Waals surface area contributed by atoms with Crippen LogP contribution in [0.4, 0.5) is 5.69 Å². The van der Waals surface area contributed by atoms with Crippen LogP contribution >= 0.6 is 0 Å². The van der Waals surface area contributed by atoms with Gasteiger partial charge >= 0.3 is 5.97 Å². The van der Waals surface area contributed by atoms with Gasteiger partial charge in [-0.05, 0) is 64.2 Å². The predicted molar refractivity (Wildman–Crippen MR) is 119 cm³/mol. The summed E-state index contributed by atoms with van der Waals surface area (Å²) in [6.45, 7) is 7.08. The first kappa shape index (κ1) is 22.3. The number of ether oxygens (including phenoxy) is 4. The number of allylic oxidation sites excluding steroid dienone is 1. The van der Waals surface area contributed by atoms with Gasteiger partial charge in [0.25, 0.3) is 0 Å². The second-order valence-electron chi connectivity index (χ2n) is 9.65. The normalized spacial score (nSPS) is 36.1. The van der Waals surface area contributed by atoms with Crippen LogP contribution in [0.25, 0.3) is 0 Å². The van der Waals surface area contributed by atoms with Crippen LogP contribution in [0.15, 0.2) is 35.9 Å². The smallest absolute Gasteiger partial charge is 0.306 e. The number of benzene rings is 1. The van der Waals surface area contributed by atoms with E-state index in [1.54, 1.807) is 7.11 Å². The summed E-state index contributed by atoms with van der Waals surface area (Å²) in [6, 6.07) is 7.60. The Balaban J connectivity index is 1.40.